The third-order valence-electron chi connectivity index (χ3n) is 3.74. The second-order valence-electron chi connectivity index (χ2n) is 5.38. The molecule has 1 aromatic heterocycles. The highest BCUT2D eigenvalue weighted by molar-refractivity contribution is 5.20. The fraction of sp³-hybridized carbons (Fsp3) is 0.667. The Balaban J connectivity index is 2.05. The first-order chi connectivity index (χ1) is 10.2. The Labute approximate surface area is 124 Å². The van der Waals surface area contributed by atoms with E-state index in [2.05, 4.69) is 4.90 Å². The molecule has 6 nitrogen and oxygen atoms in total. The molecule has 0 unspecified atom stereocenters. The average Bonchev–Trinajstić information content (AvgIpc) is 2.49. The van der Waals surface area contributed by atoms with Crippen molar-refractivity contribution in [2.24, 2.45) is 0 Å². The van der Waals surface area contributed by atoms with Gasteiger partial charge in [-0.25, -0.2) is 0 Å². The summed E-state index contributed by atoms with van der Waals surface area (Å²) in [6.45, 7) is 4.11. The number of nitrogens with zero attached hydrogens (tertiary/aromatic N) is 2. The van der Waals surface area contributed by atoms with Gasteiger partial charge in [-0.3, -0.25) is 9.69 Å². The average molecular weight is 296 g/mol. The Bertz CT molecular complexity index is 495. The molecule has 1 aliphatic heterocycles. The molecule has 0 spiro atoms. The Morgan fingerprint density at radius 2 is 1.95 bits per heavy atom. The van der Waals surface area contributed by atoms with E-state index in [0.717, 1.165) is 25.3 Å². The summed E-state index contributed by atoms with van der Waals surface area (Å²) in [4.78, 5) is 14.0. The van der Waals surface area contributed by atoms with Crippen molar-refractivity contribution in [3.8, 4) is 5.75 Å². The van der Waals surface area contributed by atoms with Crippen LogP contribution in [0.4, 0.5) is 0 Å². The van der Waals surface area contributed by atoms with Crippen molar-refractivity contribution < 1.29 is 14.9 Å². The van der Waals surface area contributed by atoms with Gasteiger partial charge >= 0.3 is 0 Å². The molecule has 118 valence electrons. The topological polar surface area (TPSA) is 74.9 Å². The van der Waals surface area contributed by atoms with Crippen molar-refractivity contribution in [2.45, 2.75) is 32.4 Å². The maximum Gasteiger partial charge on any atom is 0.223 e. The zero-order valence-electron chi connectivity index (χ0n) is 12.3. The Kier molecular flexibility index (Phi) is 6.22. The van der Waals surface area contributed by atoms with Crippen LogP contribution in [-0.4, -0.2) is 52.6 Å². The number of aliphatic hydroxyl groups is 1. The highest BCUT2D eigenvalue weighted by Gasteiger charge is 2.13. The molecule has 6 heteroatoms. The largest absolute Gasteiger partial charge is 0.503 e. The molecule has 0 amide bonds. The monoisotopic (exact) mass is 296 g/mol. The third-order valence-corrected chi connectivity index (χ3v) is 3.74. The van der Waals surface area contributed by atoms with E-state index in [-0.39, 0.29) is 17.8 Å². The van der Waals surface area contributed by atoms with Crippen LogP contribution in [0.3, 0.4) is 0 Å². The third kappa shape index (κ3) is 4.84. The maximum absolute atomic E-state index is 11.7. The first-order valence-electron chi connectivity index (χ1n) is 7.54. The van der Waals surface area contributed by atoms with Gasteiger partial charge in [-0.15, -0.1) is 0 Å². The molecular weight excluding hydrogens is 272 g/mol. The zero-order valence-corrected chi connectivity index (χ0v) is 12.3. The fourth-order valence-corrected chi connectivity index (χ4v) is 2.62. The van der Waals surface area contributed by atoms with E-state index in [9.17, 15) is 9.90 Å². The van der Waals surface area contributed by atoms with Crippen molar-refractivity contribution in [3.05, 3.63) is 28.2 Å². The lowest BCUT2D eigenvalue weighted by atomic mass is 10.1. The van der Waals surface area contributed by atoms with Gasteiger partial charge in [-0.2, -0.15) is 0 Å². The molecule has 0 saturated carbocycles. The molecule has 0 atom stereocenters. The van der Waals surface area contributed by atoms with E-state index >= 15 is 0 Å². The molecule has 2 rings (SSSR count). The van der Waals surface area contributed by atoms with E-state index in [1.54, 1.807) is 0 Å². The normalized spacial score (nSPS) is 16.2. The van der Waals surface area contributed by atoms with E-state index in [1.165, 1.54) is 31.5 Å². The van der Waals surface area contributed by atoms with Crippen LogP contribution >= 0.6 is 0 Å². The van der Waals surface area contributed by atoms with Gasteiger partial charge in [0.25, 0.3) is 0 Å². The molecule has 21 heavy (non-hydrogen) atoms. The number of piperidine rings is 1. The molecule has 0 bridgehead atoms. The Morgan fingerprint density at radius 3 is 2.67 bits per heavy atom. The molecule has 1 aliphatic rings. The van der Waals surface area contributed by atoms with Crippen LogP contribution in [0.1, 0.15) is 25.0 Å². The van der Waals surface area contributed by atoms with Crippen LogP contribution in [0.2, 0.25) is 0 Å². The van der Waals surface area contributed by atoms with Gasteiger partial charge in [0.1, 0.15) is 0 Å². The predicted molar refractivity (Wildman–Crippen MR) is 79.4 cm³/mol. The first-order valence-corrected chi connectivity index (χ1v) is 7.54. The summed E-state index contributed by atoms with van der Waals surface area (Å²) in [5, 5.41) is 18.3. The van der Waals surface area contributed by atoms with Gasteiger partial charge in [0.05, 0.1) is 26.0 Å². The van der Waals surface area contributed by atoms with Gasteiger partial charge in [0, 0.05) is 24.8 Å². The second-order valence-corrected chi connectivity index (χ2v) is 5.38. The van der Waals surface area contributed by atoms with Crippen molar-refractivity contribution in [1.29, 1.82) is 0 Å². The fourth-order valence-electron chi connectivity index (χ4n) is 2.62. The quantitative estimate of drug-likeness (QED) is 0.719. The minimum absolute atomic E-state index is 0.00392. The number of aromatic hydroxyl groups is 1. The molecule has 0 aliphatic carbocycles. The molecule has 2 N–H and O–H groups in total. The summed E-state index contributed by atoms with van der Waals surface area (Å²) in [6, 6.07) is 1.51. The molecule has 1 fully saturated rings. The number of pyridine rings is 1. The van der Waals surface area contributed by atoms with Crippen molar-refractivity contribution >= 4 is 0 Å². The van der Waals surface area contributed by atoms with Gasteiger partial charge in [-0.05, 0) is 25.9 Å². The van der Waals surface area contributed by atoms with E-state index in [1.807, 2.05) is 4.57 Å². The van der Waals surface area contributed by atoms with Gasteiger partial charge < -0.3 is 19.5 Å². The van der Waals surface area contributed by atoms with Gasteiger partial charge in [0.2, 0.25) is 5.43 Å². The lowest BCUT2D eigenvalue weighted by Crippen LogP contribution is -2.31. The number of ether oxygens (including phenoxy) is 1. The number of hydrogen-bond acceptors (Lipinski definition) is 5. The summed E-state index contributed by atoms with van der Waals surface area (Å²) >= 11 is 0. The van der Waals surface area contributed by atoms with Crippen LogP contribution < -0.4 is 5.43 Å². The lowest BCUT2D eigenvalue weighted by Gasteiger charge is -2.27. The summed E-state index contributed by atoms with van der Waals surface area (Å²) in [5.41, 5.74) is 0.557. The summed E-state index contributed by atoms with van der Waals surface area (Å²) < 4.78 is 7.12. The molecule has 0 aromatic carbocycles. The molecule has 1 saturated heterocycles. The predicted octanol–water partition coefficient (Wildman–Crippen LogP) is 0.549. The minimum Gasteiger partial charge on any atom is -0.503 e. The van der Waals surface area contributed by atoms with E-state index in [0.29, 0.717) is 19.8 Å². The molecular formula is C15H24N2O4. The van der Waals surface area contributed by atoms with Gasteiger partial charge in [-0.1, -0.05) is 6.42 Å². The smallest absolute Gasteiger partial charge is 0.223 e. The summed E-state index contributed by atoms with van der Waals surface area (Å²) in [5.74, 6) is -0.237. The maximum atomic E-state index is 11.7. The molecule has 2 heterocycles. The van der Waals surface area contributed by atoms with Crippen LogP contribution in [0.15, 0.2) is 17.1 Å². The Hall–Kier alpha value is -1.37. The number of aliphatic hydroxyl groups excluding tert-OH is 1. The van der Waals surface area contributed by atoms with Gasteiger partial charge in [0.15, 0.2) is 5.75 Å². The number of aromatic nitrogens is 1. The highest BCUT2D eigenvalue weighted by atomic mass is 16.5. The number of likely N-dealkylation sites (tertiary alicyclic amines) is 1. The first kappa shape index (κ1) is 16.0. The van der Waals surface area contributed by atoms with Crippen LogP contribution in [-0.2, 0) is 17.8 Å². The lowest BCUT2D eigenvalue weighted by molar-refractivity contribution is 0.0859. The molecule has 0 radical (unpaired) electrons. The summed E-state index contributed by atoms with van der Waals surface area (Å²) in [6.07, 6.45) is 5.14. The van der Waals surface area contributed by atoms with Crippen molar-refractivity contribution in [3.63, 3.8) is 0 Å². The standard InChI is InChI=1S/C15H24N2O4/c18-7-9-21-8-6-17-12-15(20)14(19)10-13(17)11-16-4-2-1-3-5-16/h10,12,18,20H,1-9,11H2. The van der Waals surface area contributed by atoms with Crippen LogP contribution in [0.5, 0.6) is 5.75 Å². The molecule has 1 aromatic rings. The zero-order chi connectivity index (χ0) is 15.1. The van der Waals surface area contributed by atoms with Crippen molar-refractivity contribution in [1.82, 2.24) is 9.47 Å². The van der Waals surface area contributed by atoms with Crippen molar-refractivity contribution in [2.75, 3.05) is 32.9 Å². The highest BCUT2D eigenvalue weighted by Crippen LogP contribution is 2.14. The van der Waals surface area contributed by atoms with E-state index < -0.39 is 0 Å². The SMILES string of the molecule is O=c1cc(CN2CCCCC2)n(CCOCCO)cc1O. The Morgan fingerprint density at radius 1 is 1.19 bits per heavy atom. The van der Waals surface area contributed by atoms with Crippen LogP contribution in [0, 0.1) is 0 Å². The minimum atomic E-state index is -0.338. The number of hydrogen-bond donors (Lipinski definition) is 2. The summed E-state index contributed by atoms with van der Waals surface area (Å²) in [7, 11) is 0. The number of rotatable bonds is 7. The van der Waals surface area contributed by atoms with Crippen LogP contribution in [0.25, 0.3) is 0 Å². The second kappa shape index (κ2) is 8.17. The van der Waals surface area contributed by atoms with E-state index in [4.69, 9.17) is 9.84 Å².